The Morgan fingerprint density at radius 3 is 1.59 bits per heavy atom. The third-order valence-corrected chi connectivity index (χ3v) is 21.9. The van der Waals surface area contributed by atoms with Crippen LogP contribution in [0.3, 0.4) is 0 Å². The lowest BCUT2D eigenvalue weighted by Crippen LogP contribution is -2.60. The molecule has 0 fully saturated rings. The van der Waals surface area contributed by atoms with Crippen LogP contribution < -0.4 is 9.41 Å². The summed E-state index contributed by atoms with van der Waals surface area (Å²) in [6.45, 7) is 33.4. The van der Waals surface area contributed by atoms with E-state index in [9.17, 15) is 4.79 Å². The molecule has 0 bridgehead atoms. The number of hydrogen-bond acceptors (Lipinski definition) is 4. The molecule has 0 aliphatic heterocycles. The van der Waals surface area contributed by atoms with Crippen LogP contribution in [0, 0.1) is 0 Å². The fourth-order valence-corrected chi connectivity index (χ4v) is 6.21. The maximum Gasteiger partial charge on any atom is 0.309 e. The first-order valence-corrected chi connectivity index (χ1v) is 21.5. The molecule has 7 heteroatoms. The molecule has 0 heterocycles. The Bertz CT molecular complexity index is 827. The van der Waals surface area contributed by atoms with Crippen molar-refractivity contribution in [3.8, 4) is 5.75 Å². The average molecular weight is 524 g/mol. The molecule has 0 spiro atoms. The van der Waals surface area contributed by atoms with Gasteiger partial charge in [-0.3, -0.25) is 4.79 Å². The highest BCUT2D eigenvalue weighted by molar-refractivity contribution is 6.78. The fraction of sp³-hybridized carbons (Fsp3) is 0.741. The Balaban J connectivity index is 3.18. The number of hydrogen-bond donors (Lipinski definition) is 1. The highest BCUT2D eigenvalue weighted by atomic mass is 28.4. The molecular weight excluding hydrogens is 471 g/mol. The van der Waals surface area contributed by atoms with Crippen LogP contribution in [0.2, 0.25) is 54.4 Å². The molecule has 0 amide bonds. The van der Waals surface area contributed by atoms with E-state index in [-0.39, 0.29) is 27.1 Å². The standard InChI is InChI=1S/C27H53NO3Si3/c1-25(2,3)32(10,11)28-23(24(29)31-34(14,15)27(7,8)9)20-21-16-18-22(19-17-21)30-33(12,13)26(4,5)6/h16-19,23,28H,20H2,1-15H3/t23-/m0/s1. The zero-order valence-electron chi connectivity index (χ0n) is 24.8. The van der Waals surface area contributed by atoms with Gasteiger partial charge in [0, 0.05) is 0 Å². The van der Waals surface area contributed by atoms with Gasteiger partial charge in [0.1, 0.15) is 20.0 Å². The van der Waals surface area contributed by atoms with Crippen LogP contribution in [0.4, 0.5) is 0 Å². The van der Waals surface area contributed by atoms with Gasteiger partial charge in [0.25, 0.3) is 8.32 Å². The lowest BCUT2D eigenvalue weighted by atomic mass is 10.1. The third kappa shape index (κ3) is 8.07. The Morgan fingerprint density at radius 2 is 1.21 bits per heavy atom. The third-order valence-electron chi connectivity index (χ3n) is 8.40. The molecule has 1 atom stereocenters. The van der Waals surface area contributed by atoms with E-state index in [1.165, 1.54) is 0 Å². The Labute approximate surface area is 214 Å². The maximum absolute atomic E-state index is 13.5. The van der Waals surface area contributed by atoms with Crippen molar-refractivity contribution in [2.45, 2.75) is 129 Å². The molecule has 0 aliphatic carbocycles. The Morgan fingerprint density at radius 1 is 0.765 bits per heavy atom. The van der Waals surface area contributed by atoms with Crippen molar-refractivity contribution in [2.24, 2.45) is 0 Å². The van der Waals surface area contributed by atoms with Crippen LogP contribution in [0.1, 0.15) is 67.9 Å². The Hall–Kier alpha value is -0.899. The van der Waals surface area contributed by atoms with Gasteiger partial charge in [-0.1, -0.05) is 87.5 Å². The van der Waals surface area contributed by atoms with E-state index in [0.717, 1.165) is 11.3 Å². The summed E-state index contributed by atoms with van der Waals surface area (Å²) >= 11 is 0. The summed E-state index contributed by atoms with van der Waals surface area (Å²) in [6, 6.07) is 7.95. The van der Waals surface area contributed by atoms with E-state index in [1.54, 1.807) is 0 Å². The summed E-state index contributed by atoms with van der Waals surface area (Å²) in [7, 11) is -6.02. The van der Waals surface area contributed by atoms with Crippen molar-refractivity contribution < 1.29 is 13.6 Å². The highest BCUT2D eigenvalue weighted by Crippen LogP contribution is 2.39. The van der Waals surface area contributed by atoms with Gasteiger partial charge in [-0.25, -0.2) is 0 Å². The predicted octanol–water partition coefficient (Wildman–Crippen LogP) is 8.12. The highest BCUT2D eigenvalue weighted by Gasteiger charge is 2.44. The number of carbonyl (C=O) groups is 1. The second-order valence-corrected chi connectivity index (χ2v) is 29.0. The minimum absolute atomic E-state index is 0.0209. The van der Waals surface area contributed by atoms with Gasteiger partial charge < -0.3 is 13.8 Å². The summed E-state index contributed by atoms with van der Waals surface area (Å²) in [4.78, 5) is 17.3. The van der Waals surface area contributed by atoms with Gasteiger partial charge in [-0.05, 0) is 65.4 Å². The van der Waals surface area contributed by atoms with Crippen molar-refractivity contribution in [3.05, 3.63) is 29.8 Å². The summed E-state index contributed by atoms with van der Waals surface area (Å²) in [5.41, 5.74) is 1.12. The molecule has 196 valence electrons. The smallest absolute Gasteiger partial charge is 0.309 e. The molecule has 0 unspecified atom stereocenters. The molecule has 1 aromatic carbocycles. The van der Waals surface area contributed by atoms with Crippen molar-refractivity contribution in [1.29, 1.82) is 0 Å². The first kappa shape index (κ1) is 31.1. The summed E-state index contributed by atoms with van der Waals surface area (Å²) in [5, 5.41) is 0.244. The number of benzene rings is 1. The van der Waals surface area contributed by atoms with Gasteiger partial charge in [-0.15, -0.1) is 0 Å². The lowest BCUT2D eigenvalue weighted by molar-refractivity contribution is -0.137. The van der Waals surface area contributed by atoms with E-state index in [2.05, 4.69) is 131 Å². The van der Waals surface area contributed by atoms with Crippen LogP contribution in [-0.2, 0) is 15.6 Å². The Kier molecular flexibility index (Phi) is 9.36. The van der Waals surface area contributed by atoms with Crippen LogP contribution in [0.15, 0.2) is 24.3 Å². The van der Waals surface area contributed by atoms with Gasteiger partial charge in [0.05, 0.1) is 0 Å². The minimum atomic E-state index is -2.21. The molecule has 0 aliphatic rings. The first-order valence-electron chi connectivity index (χ1n) is 12.7. The van der Waals surface area contributed by atoms with Crippen molar-refractivity contribution in [3.63, 3.8) is 0 Å². The molecule has 34 heavy (non-hydrogen) atoms. The van der Waals surface area contributed by atoms with E-state index in [1.807, 2.05) is 0 Å². The second kappa shape index (κ2) is 10.2. The quantitative estimate of drug-likeness (QED) is 0.349. The van der Waals surface area contributed by atoms with Gasteiger partial charge >= 0.3 is 5.97 Å². The van der Waals surface area contributed by atoms with Gasteiger partial charge in [-0.2, -0.15) is 0 Å². The average Bonchev–Trinajstić information content (AvgIpc) is 2.59. The molecule has 0 radical (unpaired) electrons. The normalized spacial score (nSPS) is 15.1. The minimum Gasteiger partial charge on any atom is -0.544 e. The summed E-state index contributed by atoms with van der Waals surface area (Å²) in [5.74, 6) is 0.797. The fourth-order valence-electron chi connectivity index (χ4n) is 2.70. The number of rotatable bonds is 8. The molecule has 4 nitrogen and oxygen atoms in total. The van der Waals surface area contributed by atoms with E-state index < -0.39 is 24.9 Å². The second-order valence-electron chi connectivity index (χ2n) is 14.5. The van der Waals surface area contributed by atoms with Crippen LogP contribution in [0.5, 0.6) is 5.75 Å². The largest absolute Gasteiger partial charge is 0.544 e. The molecular formula is C27H53NO3Si3. The van der Waals surface area contributed by atoms with Crippen LogP contribution in [-0.4, -0.2) is 36.9 Å². The zero-order chi connectivity index (χ0) is 27.0. The number of carbonyl (C=O) groups excluding carboxylic acids is 1. The summed E-state index contributed by atoms with van der Waals surface area (Å²) in [6.07, 6.45) is 0.611. The SMILES string of the molecule is CC(C)(C)[Si](C)(C)N[C@@H](Cc1ccc(O[Si](C)(C)C(C)(C)C)cc1)C(=O)O[Si](C)(C)C(C)(C)C. The van der Waals surface area contributed by atoms with Gasteiger partial charge in [0.15, 0.2) is 0 Å². The predicted molar refractivity (Wildman–Crippen MR) is 155 cm³/mol. The number of nitrogens with one attached hydrogen (secondary N) is 1. The van der Waals surface area contributed by atoms with E-state index >= 15 is 0 Å². The lowest BCUT2D eigenvalue weighted by Gasteiger charge is -2.41. The molecule has 0 aromatic heterocycles. The topological polar surface area (TPSA) is 47.6 Å². The molecule has 1 N–H and O–H groups in total. The van der Waals surface area contributed by atoms with Gasteiger partial charge in [0.2, 0.25) is 8.32 Å². The monoisotopic (exact) mass is 523 g/mol. The molecule has 0 saturated heterocycles. The van der Waals surface area contributed by atoms with E-state index in [4.69, 9.17) is 8.85 Å². The van der Waals surface area contributed by atoms with Crippen LogP contribution in [0.25, 0.3) is 0 Å². The van der Waals surface area contributed by atoms with E-state index in [0.29, 0.717) is 6.42 Å². The first-order chi connectivity index (χ1) is 14.9. The summed E-state index contributed by atoms with van der Waals surface area (Å²) < 4.78 is 12.7. The molecule has 0 saturated carbocycles. The zero-order valence-corrected chi connectivity index (χ0v) is 27.8. The van der Waals surface area contributed by atoms with Crippen molar-refractivity contribution in [2.75, 3.05) is 0 Å². The molecule has 1 aromatic rings. The van der Waals surface area contributed by atoms with Crippen molar-refractivity contribution in [1.82, 2.24) is 4.98 Å². The van der Waals surface area contributed by atoms with Crippen LogP contribution >= 0.6 is 0 Å². The van der Waals surface area contributed by atoms with Crippen molar-refractivity contribution >= 4 is 30.8 Å². The maximum atomic E-state index is 13.5. The molecule has 1 rings (SSSR count).